The number of rotatable bonds is 6. The van der Waals surface area contributed by atoms with E-state index in [0.717, 1.165) is 46.5 Å². The van der Waals surface area contributed by atoms with Gasteiger partial charge in [-0.1, -0.05) is 37.3 Å². The number of nitrogens with zero attached hydrogens (tertiary/aromatic N) is 2. The van der Waals surface area contributed by atoms with Crippen LogP contribution in [0.1, 0.15) is 25.2 Å². The predicted octanol–water partition coefficient (Wildman–Crippen LogP) is 4.14. The third-order valence-corrected chi connectivity index (χ3v) is 3.89. The first-order chi connectivity index (χ1) is 9.76. The minimum Gasteiger partial charge on any atom is -0.370 e. The molecule has 0 spiro atoms. The molecule has 0 bridgehead atoms. The van der Waals surface area contributed by atoms with Crippen LogP contribution in [-0.4, -0.2) is 22.3 Å². The lowest BCUT2D eigenvalue weighted by Crippen LogP contribution is -2.07. The third-order valence-electron chi connectivity index (χ3n) is 3.02. The average Bonchev–Trinajstić information content (AvgIpc) is 2.49. The maximum atomic E-state index is 4.75. The molecule has 0 radical (unpaired) electrons. The molecule has 1 heterocycles. The Labute approximate surface area is 125 Å². The number of benzene rings is 1. The quantitative estimate of drug-likeness (QED) is 0.866. The first-order valence-corrected chi connectivity index (χ1v) is 8.16. The Morgan fingerprint density at radius 2 is 1.85 bits per heavy atom. The lowest BCUT2D eigenvalue weighted by molar-refractivity contribution is 1.01. The molecule has 3 nitrogen and oxygen atoms in total. The zero-order valence-corrected chi connectivity index (χ0v) is 13.1. The molecular weight excluding hydrogens is 266 g/mol. The predicted molar refractivity (Wildman–Crippen MR) is 88.2 cm³/mol. The standard InChI is InChI=1S/C16H21N3S/c1-4-17-16-12(3)15(13-9-7-6-8-10-13)18-14(19-16)11-20-5-2/h6-10H,4-5,11H2,1-3H3,(H,17,18,19). The van der Waals surface area contributed by atoms with Crippen LogP contribution < -0.4 is 5.32 Å². The fourth-order valence-electron chi connectivity index (χ4n) is 2.04. The van der Waals surface area contributed by atoms with Gasteiger partial charge in [0.25, 0.3) is 0 Å². The average molecular weight is 287 g/mol. The minimum atomic E-state index is 0.856. The van der Waals surface area contributed by atoms with E-state index in [9.17, 15) is 0 Å². The summed E-state index contributed by atoms with van der Waals surface area (Å²) >= 11 is 1.84. The van der Waals surface area contributed by atoms with Gasteiger partial charge in [0.1, 0.15) is 11.6 Å². The highest BCUT2D eigenvalue weighted by atomic mass is 32.2. The number of thioether (sulfide) groups is 1. The van der Waals surface area contributed by atoms with E-state index in [2.05, 4.69) is 43.2 Å². The number of hydrogen-bond donors (Lipinski definition) is 1. The van der Waals surface area contributed by atoms with Crippen LogP contribution in [0.15, 0.2) is 30.3 Å². The van der Waals surface area contributed by atoms with Crippen molar-refractivity contribution in [3.63, 3.8) is 0 Å². The summed E-state index contributed by atoms with van der Waals surface area (Å²) in [7, 11) is 0. The van der Waals surface area contributed by atoms with Crippen molar-refractivity contribution in [2.45, 2.75) is 26.5 Å². The van der Waals surface area contributed by atoms with Gasteiger partial charge in [-0.3, -0.25) is 0 Å². The van der Waals surface area contributed by atoms with E-state index < -0.39 is 0 Å². The Bertz CT molecular complexity index is 555. The summed E-state index contributed by atoms with van der Waals surface area (Å²) in [6.45, 7) is 7.19. The van der Waals surface area contributed by atoms with Crippen molar-refractivity contribution >= 4 is 17.6 Å². The Hall–Kier alpha value is -1.55. The fourth-order valence-corrected chi connectivity index (χ4v) is 2.55. The second-order valence-corrected chi connectivity index (χ2v) is 5.77. The van der Waals surface area contributed by atoms with Crippen LogP contribution in [-0.2, 0) is 5.75 Å². The Morgan fingerprint density at radius 3 is 2.50 bits per heavy atom. The van der Waals surface area contributed by atoms with E-state index in [1.54, 1.807) is 0 Å². The molecule has 106 valence electrons. The third kappa shape index (κ3) is 3.51. The van der Waals surface area contributed by atoms with Crippen molar-refractivity contribution in [3.05, 3.63) is 41.7 Å². The van der Waals surface area contributed by atoms with Gasteiger partial charge in [0.2, 0.25) is 0 Å². The molecule has 0 aliphatic heterocycles. The second-order valence-electron chi connectivity index (χ2n) is 4.50. The maximum absolute atomic E-state index is 4.75. The minimum absolute atomic E-state index is 0.856. The Kier molecular flexibility index (Phi) is 5.41. The highest BCUT2D eigenvalue weighted by molar-refractivity contribution is 7.98. The van der Waals surface area contributed by atoms with Crippen LogP contribution >= 0.6 is 11.8 Å². The van der Waals surface area contributed by atoms with Crippen LogP contribution in [0.25, 0.3) is 11.3 Å². The molecule has 0 unspecified atom stereocenters. The van der Waals surface area contributed by atoms with E-state index in [1.165, 1.54) is 0 Å². The van der Waals surface area contributed by atoms with Crippen LogP contribution in [0, 0.1) is 6.92 Å². The van der Waals surface area contributed by atoms with E-state index in [4.69, 9.17) is 4.98 Å². The fraction of sp³-hybridized carbons (Fsp3) is 0.375. The van der Waals surface area contributed by atoms with Gasteiger partial charge in [0.05, 0.1) is 11.4 Å². The molecule has 4 heteroatoms. The topological polar surface area (TPSA) is 37.8 Å². The molecule has 2 aromatic rings. The van der Waals surface area contributed by atoms with Crippen LogP contribution in [0.3, 0.4) is 0 Å². The maximum Gasteiger partial charge on any atom is 0.141 e. The van der Waals surface area contributed by atoms with Crippen LogP contribution in [0.4, 0.5) is 5.82 Å². The molecule has 1 N–H and O–H groups in total. The van der Waals surface area contributed by atoms with Crippen molar-refractivity contribution in [1.29, 1.82) is 0 Å². The normalized spacial score (nSPS) is 10.6. The SMILES string of the molecule is CCNc1nc(CSCC)nc(-c2ccccc2)c1C. The van der Waals surface area contributed by atoms with Crippen molar-refractivity contribution in [2.24, 2.45) is 0 Å². The summed E-state index contributed by atoms with van der Waals surface area (Å²) in [5, 5.41) is 3.34. The summed E-state index contributed by atoms with van der Waals surface area (Å²) in [5.41, 5.74) is 3.29. The molecule has 0 aliphatic carbocycles. The molecule has 20 heavy (non-hydrogen) atoms. The molecular formula is C16H21N3S. The zero-order valence-electron chi connectivity index (χ0n) is 12.3. The van der Waals surface area contributed by atoms with Gasteiger partial charge in [-0.2, -0.15) is 11.8 Å². The lowest BCUT2D eigenvalue weighted by atomic mass is 10.1. The highest BCUT2D eigenvalue weighted by Crippen LogP contribution is 2.26. The van der Waals surface area contributed by atoms with Crippen molar-refractivity contribution in [3.8, 4) is 11.3 Å². The van der Waals surface area contributed by atoms with Gasteiger partial charge < -0.3 is 5.32 Å². The first-order valence-electron chi connectivity index (χ1n) is 7.00. The number of hydrogen-bond acceptors (Lipinski definition) is 4. The smallest absolute Gasteiger partial charge is 0.141 e. The van der Waals surface area contributed by atoms with E-state index >= 15 is 0 Å². The molecule has 0 atom stereocenters. The van der Waals surface area contributed by atoms with Crippen molar-refractivity contribution in [2.75, 3.05) is 17.6 Å². The van der Waals surface area contributed by atoms with E-state index in [0.29, 0.717) is 0 Å². The number of nitrogens with one attached hydrogen (secondary N) is 1. The molecule has 0 fully saturated rings. The number of anilines is 1. The largest absolute Gasteiger partial charge is 0.370 e. The van der Waals surface area contributed by atoms with Crippen molar-refractivity contribution < 1.29 is 0 Å². The monoisotopic (exact) mass is 287 g/mol. The number of aromatic nitrogens is 2. The van der Waals surface area contributed by atoms with Gasteiger partial charge in [0, 0.05) is 17.7 Å². The van der Waals surface area contributed by atoms with Crippen molar-refractivity contribution in [1.82, 2.24) is 9.97 Å². The first kappa shape index (κ1) is 14.9. The lowest BCUT2D eigenvalue weighted by Gasteiger charge is -2.13. The Morgan fingerprint density at radius 1 is 1.10 bits per heavy atom. The van der Waals surface area contributed by atoms with Gasteiger partial charge >= 0.3 is 0 Å². The van der Waals surface area contributed by atoms with Crippen LogP contribution in [0.2, 0.25) is 0 Å². The molecule has 1 aromatic heterocycles. The molecule has 0 aliphatic rings. The molecule has 0 saturated carbocycles. The van der Waals surface area contributed by atoms with Gasteiger partial charge in [0.15, 0.2) is 0 Å². The highest BCUT2D eigenvalue weighted by Gasteiger charge is 2.11. The van der Waals surface area contributed by atoms with Gasteiger partial charge in [-0.25, -0.2) is 9.97 Å². The molecule has 0 amide bonds. The summed E-state index contributed by atoms with van der Waals surface area (Å²) in [5.74, 6) is 3.79. The summed E-state index contributed by atoms with van der Waals surface area (Å²) in [6.07, 6.45) is 0. The van der Waals surface area contributed by atoms with Gasteiger partial charge in [-0.05, 0) is 19.6 Å². The Balaban J connectivity index is 2.45. The van der Waals surface area contributed by atoms with E-state index in [-0.39, 0.29) is 0 Å². The van der Waals surface area contributed by atoms with E-state index in [1.807, 2.05) is 30.0 Å². The summed E-state index contributed by atoms with van der Waals surface area (Å²) < 4.78 is 0. The molecule has 0 saturated heterocycles. The second kappa shape index (κ2) is 7.29. The molecule has 2 rings (SSSR count). The van der Waals surface area contributed by atoms with Gasteiger partial charge in [-0.15, -0.1) is 0 Å². The van der Waals surface area contributed by atoms with Crippen LogP contribution in [0.5, 0.6) is 0 Å². The molecule has 1 aromatic carbocycles. The summed E-state index contributed by atoms with van der Waals surface area (Å²) in [4.78, 5) is 9.39. The summed E-state index contributed by atoms with van der Waals surface area (Å²) in [6, 6.07) is 10.3. The zero-order chi connectivity index (χ0) is 14.4.